The SMILES string of the molecule is CC/C=C\C/C=C\C/C=C\CCCCCC(=O)OC(CO)COP(=O)(O)OCC(CO)OC(C)=O. The molecule has 3 N–H and O–H groups in total. The summed E-state index contributed by atoms with van der Waals surface area (Å²) in [6.45, 7) is 0.866. The van der Waals surface area contributed by atoms with Crippen LogP contribution in [0.4, 0.5) is 0 Å². The lowest BCUT2D eigenvalue weighted by atomic mass is 10.1. The van der Waals surface area contributed by atoms with Crippen molar-refractivity contribution in [2.75, 3.05) is 26.4 Å². The molecule has 3 atom stereocenters. The molecule has 0 saturated carbocycles. The van der Waals surface area contributed by atoms with Crippen molar-refractivity contribution >= 4 is 19.8 Å². The minimum absolute atomic E-state index is 0.155. The van der Waals surface area contributed by atoms with E-state index in [1.807, 2.05) is 0 Å². The maximum absolute atomic E-state index is 11.9. The number of phosphoric ester groups is 1. The van der Waals surface area contributed by atoms with Gasteiger partial charge >= 0.3 is 19.8 Å². The second-order valence-corrected chi connectivity index (χ2v) is 9.12. The smallest absolute Gasteiger partial charge is 0.458 e. The van der Waals surface area contributed by atoms with Crippen molar-refractivity contribution < 1.29 is 47.8 Å². The number of phosphoric acid groups is 1. The Labute approximate surface area is 208 Å². The van der Waals surface area contributed by atoms with Crippen LogP contribution in [-0.2, 0) is 32.7 Å². The Bertz CT molecular complexity index is 704. The summed E-state index contributed by atoms with van der Waals surface area (Å²) in [6.07, 6.45) is 16.9. The van der Waals surface area contributed by atoms with Gasteiger partial charge in [0.15, 0.2) is 0 Å². The molecule has 35 heavy (non-hydrogen) atoms. The lowest BCUT2D eigenvalue weighted by Crippen LogP contribution is -2.28. The first-order chi connectivity index (χ1) is 16.7. The third-order valence-corrected chi connectivity index (χ3v) is 5.37. The average Bonchev–Trinajstić information content (AvgIpc) is 2.82. The van der Waals surface area contributed by atoms with Crippen LogP contribution in [0, 0.1) is 0 Å². The van der Waals surface area contributed by atoms with E-state index in [2.05, 4.69) is 52.6 Å². The van der Waals surface area contributed by atoms with Crippen molar-refractivity contribution in [2.45, 2.75) is 77.4 Å². The van der Waals surface area contributed by atoms with E-state index in [9.17, 15) is 24.2 Å². The first kappa shape index (κ1) is 33.2. The van der Waals surface area contributed by atoms with Crippen molar-refractivity contribution in [3.05, 3.63) is 36.5 Å². The van der Waals surface area contributed by atoms with E-state index in [4.69, 9.17) is 14.4 Å². The molecule has 0 radical (unpaired) electrons. The van der Waals surface area contributed by atoms with E-state index < -0.39 is 58.4 Å². The summed E-state index contributed by atoms with van der Waals surface area (Å²) >= 11 is 0. The van der Waals surface area contributed by atoms with Gasteiger partial charge in [0.1, 0.15) is 12.2 Å². The molecule has 0 aromatic rings. The molecule has 0 aromatic carbocycles. The van der Waals surface area contributed by atoms with Crippen LogP contribution in [0.3, 0.4) is 0 Å². The minimum Gasteiger partial charge on any atom is -0.458 e. The average molecular weight is 521 g/mol. The van der Waals surface area contributed by atoms with E-state index >= 15 is 0 Å². The number of hydrogen-bond donors (Lipinski definition) is 3. The zero-order valence-corrected chi connectivity index (χ0v) is 21.6. The molecule has 0 heterocycles. The van der Waals surface area contributed by atoms with Crippen molar-refractivity contribution in [1.29, 1.82) is 0 Å². The second kappa shape index (κ2) is 21.5. The van der Waals surface area contributed by atoms with Crippen LogP contribution in [0.5, 0.6) is 0 Å². The fraction of sp³-hybridized carbons (Fsp3) is 0.667. The van der Waals surface area contributed by atoms with Gasteiger partial charge in [-0.3, -0.25) is 18.6 Å². The summed E-state index contributed by atoms with van der Waals surface area (Å²) < 4.78 is 31.0. The van der Waals surface area contributed by atoms with Crippen LogP contribution < -0.4 is 0 Å². The molecule has 0 fully saturated rings. The van der Waals surface area contributed by atoms with E-state index in [1.54, 1.807) is 0 Å². The van der Waals surface area contributed by atoms with Gasteiger partial charge in [-0.05, 0) is 38.5 Å². The molecule has 0 spiro atoms. The monoisotopic (exact) mass is 520 g/mol. The Morgan fingerprint density at radius 2 is 1.37 bits per heavy atom. The van der Waals surface area contributed by atoms with Gasteiger partial charge in [-0.15, -0.1) is 0 Å². The van der Waals surface area contributed by atoms with Crippen LogP contribution in [0.2, 0.25) is 0 Å². The Morgan fingerprint density at radius 3 is 1.91 bits per heavy atom. The van der Waals surface area contributed by atoms with E-state index in [0.29, 0.717) is 6.42 Å². The highest BCUT2D eigenvalue weighted by molar-refractivity contribution is 7.47. The normalized spacial score (nSPS) is 15.5. The predicted molar refractivity (Wildman–Crippen MR) is 131 cm³/mol. The number of rotatable bonds is 21. The Kier molecular flexibility index (Phi) is 20.4. The van der Waals surface area contributed by atoms with Crippen molar-refractivity contribution in [1.82, 2.24) is 0 Å². The molecule has 0 amide bonds. The standard InChI is InChI=1S/C24H41O10P/c1-3-4-5-6-7-8-9-10-11-12-13-14-15-16-24(28)34-23(18-26)20-32-35(29,30)31-19-22(17-25)33-21(2)27/h4-5,7-8,10-11,22-23,25-26H,3,6,9,12-20H2,1-2H3,(H,29,30)/b5-4-,8-7-,11-10-. The number of allylic oxidation sites excluding steroid dienone is 6. The molecule has 0 saturated heterocycles. The molecular formula is C24H41O10P. The number of esters is 2. The third kappa shape index (κ3) is 21.2. The molecule has 0 rings (SSSR count). The fourth-order valence-corrected chi connectivity index (χ4v) is 3.44. The largest absolute Gasteiger partial charge is 0.472 e. The summed E-state index contributed by atoms with van der Waals surface area (Å²) in [4.78, 5) is 32.5. The van der Waals surface area contributed by atoms with Gasteiger partial charge < -0.3 is 24.6 Å². The zero-order valence-electron chi connectivity index (χ0n) is 20.8. The highest BCUT2D eigenvalue weighted by Crippen LogP contribution is 2.43. The van der Waals surface area contributed by atoms with Crippen molar-refractivity contribution in [3.8, 4) is 0 Å². The lowest BCUT2D eigenvalue weighted by Gasteiger charge is -2.20. The highest BCUT2D eigenvalue weighted by Gasteiger charge is 2.27. The minimum atomic E-state index is -4.58. The van der Waals surface area contributed by atoms with Crippen LogP contribution in [-0.4, -0.2) is 65.7 Å². The van der Waals surface area contributed by atoms with Gasteiger partial charge in [0.2, 0.25) is 0 Å². The summed E-state index contributed by atoms with van der Waals surface area (Å²) in [7, 11) is -4.58. The number of hydrogen-bond acceptors (Lipinski definition) is 9. The van der Waals surface area contributed by atoms with Crippen LogP contribution in [0.1, 0.15) is 65.2 Å². The quantitative estimate of drug-likeness (QED) is 0.0884. The van der Waals surface area contributed by atoms with Crippen molar-refractivity contribution in [2.24, 2.45) is 0 Å². The Balaban J connectivity index is 4.03. The molecule has 0 aromatic heterocycles. The molecule has 0 aliphatic rings. The summed E-state index contributed by atoms with van der Waals surface area (Å²) in [5.41, 5.74) is 0. The molecule has 0 bridgehead atoms. The molecule has 0 aliphatic heterocycles. The topological polar surface area (TPSA) is 149 Å². The molecule has 10 nitrogen and oxygen atoms in total. The maximum atomic E-state index is 11.9. The number of aliphatic hydroxyl groups is 2. The van der Waals surface area contributed by atoms with E-state index in [1.165, 1.54) is 0 Å². The predicted octanol–water partition coefficient (Wildman–Crippen LogP) is 3.76. The first-order valence-electron chi connectivity index (χ1n) is 11.9. The Hall–Kier alpha value is -1.81. The van der Waals surface area contributed by atoms with Gasteiger partial charge in [0.05, 0.1) is 26.4 Å². The molecule has 11 heteroatoms. The van der Waals surface area contributed by atoms with Gasteiger partial charge in [0.25, 0.3) is 0 Å². The second-order valence-electron chi connectivity index (χ2n) is 7.66. The number of aliphatic hydroxyl groups excluding tert-OH is 2. The summed E-state index contributed by atoms with van der Waals surface area (Å²) in [5.74, 6) is -1.24. The molecule has 3 unspecified atom stereocenters. The number of carbonyl (C=O) groups is 2. The molecular weight excluding hydrogens is 479 g/mol. The van der Waals surface area contributed by atoms with Gasteiger partial charge in [-0.2, -0.15) is 0 Å². The van der Waals surface area contributed by atoms with Gasteiger partial charge in [0, 0.05) is 13.3 Å². The van der Waals surface area contributed by atoms with E-state index in [-0.39, 0.29) is 6.42 Å². The van der Waals surface area contributed by atoms with Crippen LogP contribution >= 0.6 is 7.82 Å². The molecule has 0 aliphatic carbocycles. The lowest BCUT2D eigenvalue weighted by molar-refractivity contribution is -0.153. The van der Waals surface area contributed by atoms with E-state index in [0.717, 1.165) is 45.4 Å². The highest BCUT2D eigenvalue weighted by atomic mass is 31.2. The van der Waals surface area contributed by atoms with Crippen LogP contribution in [0.15, 0.2) is 36.5 Å². The fourth-order valence-electron chi connectivity index (χ4n) is 2.65. The first-order valence-corrected chi connectivity index (χ1v) is 13.4. The zero-order chi connectivity index (χ0) is 26.4. The van der Waals surface area contributed by atoms with Crippen molar-refractivity contribution in [3.63, 3.8) is 0 Å². The maximum Gasteiger partial charge on any atom is 0.472 e. The Morgan fingerprint density at radius 1 is 0.829 bits per heavy atom. The number of ether oxygens (including phenoxy) is 2. The number of unbranched alkanes of at least 4 members (excludes halogenated alkanes) is 3. The summed E-state index contributed by atoms with van der Waals surface area (Å²) in [6, 6.07) is 0. The molecule has 202 valence electrons. The van der Waals surface area contributed by atoms with Gasteiger partial charge in [-0.1, -0.05) is 49.8 Å². The van der Waals surface area contributed by atoms with Crippen LogP contribution in [0.25, 0.3) is 0 Å². The van der Waals surface area contributed by atoms with Gasteiger partial charge in [-0.25, -0.2) is 4.57 Å². The third-order valence-electron chi connectivity index (χ3n) is 4.42. The summed E-state index contributed by atoms with van der Waals surface area (Å²) in [5, 5.41) is 18.4. The number of carbonyl (C=O) groups excluding carboxylic acids is 2.